The van der Waals surface area contributed by atoms with E-state index in [1.165, 1.54) is 20.6 Å². The molecule has 1 aliphatic carbocycles. The van der Waals surface area contributed by atoms with Crippen LogP contribution in [0.25, 0.3) is 16.6 Å². The molecule has 0 unspecified atom stereocenters. The van der Waals surface area contributed by atoms with Crippen molar-refractivity contribution in [2.24, 2.45) is 5.92 Å². The number of hydrogen-bond donors (Lipinski definition) is 0. The number of fused-ring (bicyclic) bond motifs is 1. The highest BCUT2D eigenvalue weighted by molar-refractivity contribution is 7.90. The van der Waals surface area contributed by atoms with Crippen LogP contribution in [0.3, 0.4) is 0 Å². The molecule has 0 bridgehead atoms. The van der Waals surface area contributed by atoms with Gasteiger partial charge in [0, 0.05) is 17.2 Å². The second kappa shape index (κ2) is 16.0. The third kappa shape index (κ3) is 7.91. The minimum atomic E-state index is -4.13. The number of ether oxygens (including phenoxy) is 1. The lowest BCUT2D eigenvalue weighted by Gasteiger charge is -2.43. The zero-order valence-electron chi connectivity index (χ0n) is 32.3. The number of allylic oxidation sites excluding steroid dienone is 1. The first-order chi connectivity index (χ1) is 26.8. The van der Waals surface area contributed by atoms with E-state index in [1.807, 2.05) is 24.3 Å². The van der Waals surface area contributed by atoms with E-state index in [0.29, 0.717) is 34.6 Å². The van der Waals surface area contributed by atoms with Gasteiger partial charge in [-0.15, -0.1) is 0 Å². The predicted molar refractivity (Wildman–Crippen MR) is 226 cm³/mol. The Balaban J connectivity index is 1.27. The van der Waals surface area contributed by atoms with Crippen LogP contribution in [0.15, 0.2) is 149 Å². The molecular formula is C45H48N2O6S2Si. The normalized spacial score (nSPS) is 14.7. The molecule has 0 saturated heterocycles. The maximum Gasteiger partial charge on any atom is 0.269 e. The number of aromatic nitrogens is 2. The van der Waals surface area contributed by atoms with Crippen LogP contribution in [0.4, 0.5) is 0 Å². The molecule has 0 N–H and O–H groups in total. The molecular weight excluding hydrogens is 757 g/mol. The van der Waals surface area contributed by atoms with Crippen molar-refractivity contribution in [2.75, 3.05) is 19.5 Å². The van der Waals surface area contributed by atoms with E-state index in [9.17, 15) is 16.8 Å². The molecule has 290 valence electrons. The van der Waals surface area contributed by atoms with E-state index in [0.717, 1.165) is 25.7 Å². The van der Waals surface area contributed by atoms with Gasteiger partial charge in [0.05, 0.1) is 28.3 Å². The minimum Gasteiger partial charge on any atom is -0.490 e. The Hall–Kier alpha value is -4.81. The van der Waals surface area contributed by atoms with Crippen molar-refractivity contribution in [3.63, 3.8) is 0 Å². The zero-order chi connectivity index (χ0) is 39.6. The van der Waals surface area contributed by atoms with Crippen LogP contribution in [0.1, 0.15) is 57.7 Å². The molecule has 0 aliphatic heterocycles. The first kappa shape index (κ1) is 39.4. The summed E-state index contributed by atoms with van der Waals surface area (Å²) < 4.78 is 68.5. The van der Waals surface area contributed by atoms with Gasteiger partial charge in [0.2, 0.25) is 0 Å². The summed E-state index contributed by atoms with van der Waals surface area (Å²) in [7, 11) is -10.3. The second-order valence-corrected chi connectivity index (χ2v) is 23.6. The van der Waals surface area contributed by atoms with Gasteiger partial charge in [-0.3, -0.25) is 0 Å². The number of sulfone groups is 1. The van der Waals surface area contributed by atoms with Crippen molar-refractivity contribution in [1.82, 2.24) is 8.96 Å². The van der Waals surface area contributed by atoms with Gasteiger partial charge in [-0.25, -0.2) is 25.8 Å². The summed E-state index contributed by atoms with van der Waals surface area (Å²) in [4.78, 5) is 5.06. The van der Waals surface area contributed by atoms with Crippen molar-refractivity contribution in [2.45, 2.75) is 61.3 Å². The van der Waals surface area contributed by atoms with Gasteiger partial charge in [0.25, 0.3) is 18.3 Å². The Morgan fingerprint density at radius 1 is 0.768 bits per heavy atom. The maximum atomic E-state index is 14.6. The highest BCUT2D eigenvalue weighted by atomic mass is 32.2. The van der Waals surface area contributed by atoms with Crippen LogP contribution in [-0.2, 0) is 24.3 Å². The third-order valence-corrected chi connectivity index (χ3v) is 18.5. The smallest absolute Gasteiger partial charge is 0.269 e. The fourth-order valence-electron chi connectivity index (χ4n) is 7.94. The SMILES string of the molecule is CC(C)(C)[Si](OCCOc1cnc2c(c1)cc(C(=CC1CCCC1)c1ccc(S(C)(=O)=O)cc1)n2S(=O)(=O)c1ccccc1)(c1ccccc1)c1ccccc1. The van der Waals surface area contributed by atoms with Gasteiger partial charge in [-0.2, -0.15) is 0 Å². The van der Waals surface area contributed by atoms with E-state index in [1.54, 1.807) is 60.8 Å². The van der Waals surface area contributed by atoms with Crippen molar-refractivity contribution >= 4 is 55.2 Å². The maximum absolute atomic E-state index is 14.6. The first-order valence-corrected chi connectivity index (χ1v) is 24.3. The van der Waals surface area contributed by atoms with Gasteiger partial charge in [0.15, 0.2) is 15.5 Å². The number of benzene rings is 4. The fraction of sp³-hybridized carbons (Fsp3) is 0.267. The lowest BCUT2D eigenvalue weighted by Crippen LogP contribution is -2.66. The Morgan fingerprint density at radius 3 is 1.89 bits per heavy atom. The average Bonchev–Trinajstić information content (AvgIpc) is 3.85. The lowest BCUT2D eigenvalue weighted by atomic mass is 9.96. The van der Waals surface area contributed by atoms with E-state index in [2.05, 4.69) is 75.4 Å². The van der Waals surface area contributed by atoms with Gasteiger partial charge in [-0.05, 0) is 76.1 Å². The van der Waals surface area contributed by atoms with Gasteiger partial charge < -0.3 is 9.16 Å². The molecule has 2 aromatic heterocycles. The topological polar surface area (TPSA) is 105 Å². The number of rotatable bonds is 13. The fourth-order valence-corrected chi connectivity index (χ4v) is 14.6. The molecule has 11 heteroatoms. The van der Waals surface area contributed by atoms with Crippen molar-refractivity contribution in [1.29, 1.82) is 0 Å². The zero-order valence-corrected chi connectivity index (χ0v) is 34.9. The summed E-state index contributed by atoms with van der Waals surface area (Å²) in [6.45, 7) is 7.29. The van der Waals surface area contributed by atoms with Crippen molar-refractivity contribution in [3.05, 3.63) is 151 Å². The highest BCUT2D eigenvalue weighted by Gasteiger charge is 2.50. The molecule has 0 radical (unpaired) electrons. The Morgan fingerprint density at radius 2 is 1.34 bits per heavy atom. The molecule has 56 heavy (non-hydrogen) atoms. The summed E-state index contributed by atoms with van der Waals surface area (Å²) in [6.07, 6.45) is 9.05. The van der Waals surface area contributed by atoms with Crippen LogP contribution >= 0.6 is 0 Å². The number of hydrogen-bond acceptors (Lipinski definition) is 7. The summed E-state index contributed by atoms with van der Waals surface area (Å²) >= 11 is 0. The molecule has 7 rings (SSSR count). The molecule has 0 amide bonds. The Kier molecular flexibility index (Phi) is 11.2. The van der Waals surface area contributed by atoms with E-state index >= 15 is 0 Å². The number of nitrogens with zero attached hydrogens (tertiary/aromatic N) is 2. The van der Waals surface area contributed by atoms with Gasteiger partial charge >= 0.3 is 0 Å². The standard InChI is InChI=1S/C45H48N2O6S2Si/c1-45(2,3)56(40-20-10-6-11-21-40,41-22-12-7-13-23-41)53-29-28-52-37-31-36-32-43(47(44(36)46-33-37)55(50,51)39-18-8-5-9-19-39)42(30-34-16-14-15-17-34)35-24-26-38(27-25-35)54(4,48)49/h5-13,18-27,30-34H,14-17,28-29H2,1-4H3. The van der Waals surface area contributed by atoms with Crippen molar-refractivity contribution < 1.29 is 26.0 Å². The van der Waals surface area contributed by atoms with Crippen LogP contribution in [0, 0.1) is 5.92 Å². The summed E-state index contributed by atoms with van der Waals surface area (Å²) in [5.74, 6) is 0.732. The molecule has 4 aromatic carbocycles. The van der Waals surface area contributed by atoms with Crippen LogP contribution in [0.2, 0.25) is 5.04 Å². The van der Waals surface area contributed by atoms with Crippen LogP contribution < -0.4 is 15.1 Å². The molecule has 0 spiro atoms. The molecule has 1 saturated carbocycles. The van der Waals surface area contributed by atoms with E-state index in [-0.39, 0.29) is 33.0 Å². The summed E-state index contributed by atoms with van der Waals surface area (Å²) in [6, 6.07) is 39.6. The predicted octanol–water partition coefficient (Wildman–Crippen LogP) is 8.25. The molecule has 1 aliphatic rings. The average molecular weight is 805 g/mol. The molecule has 6 aromatic rings. The lowest BCUT2D eigenvalue weighted by molar-refractivity contribution is 0.208. The molecule has 0 atom stereocenters. The van der Waals surface area contributed by atoms with Gasteiger partial charge in [0.1, 0.15) is 12.4 Å². The summed E-state index contributed by atoms with van der Waals surface area (Å²) in [5.41, 5.74) is 2.14. The van der Waals surface area contributed by atoms with Gasteiger partial charge in [-0.1, -0.05) is 131 Å². The van der Waals surface area contributed by atoms with E-state index < -0.39 is 28.2 Å². The first-order valence-electron chi connectivity index (χ1n) is 19.0. The summed E-state index contributed by atoms with van der Waals surface area (Å²) in [5, 5.41) is 2.77. The van der Waals surface area contributed by atoms with E-state index in [4.69, 9.17) is 14.1 Å². The molecule has 2 heterocycles. The number of pyridine rings is 1. The van der Waals surface area contributed by atoms with Crippen molar-refractivity contribution in [3.8, 4) is 5.75 Å². The monoisotopic (exact) mass is 804 g/mol. The second-order valence-electron chi connectivity index (χ2n) is 15.5. The molecule has 1 fully saturated rings. The largest absolute Gasteiger partial charge is 0.490 e. The molecule has 8 nitrogen and oxygen atoms in total. The van der Waals surface area contributed by atoms with Crippen LogP contribution in [-0.4, -0.2) is 53.6 Å². The highest BCUT2D eigenvalue weighted by Crippen LogP contribution is 2.38. The third-order valence-electron chi connectivity index (χ3n) is 10.6. The minimum absolute atomic E-state index is 0.133. The Bertz CT molecular complexity index is 2510. The van der Waals surface area contributed by atoms with Crippen LogP contribution in [0.5, 0.6) is 5.75 Å². The Labute approximate surface area is 332 Å². The quantitative estimate of drug-likeness (QED) is 0.0856.